The maximum absolute atomic E-state index is 12.0. The first kappa shape index (κ1) is 12.9. The van der Waals surface area contributed by atoms with E-state index in [1.165, 1.54) is 6.08 Å². The molecule has 2 aromatic carbocycles. The maximum atomic E-state index is 12.0. The van der Waals surface area contributed by atoms with Crippen LogP contribution >= 0.6 is 23.2 Å². The van der Waals surface area contributed by atoms with E-state index in [0.717, 1.165) is 5.56 Å². The summed E-state index contributed by atoms with van der Waals surface area (Å²) in [5, 5.41) is 0.678. The van der Waals surface area contributed by atoms with Crippen LogP contribution in [0.15, 0.2) is 54.6 Å². The monoisotopic (exact) mass is 276 g/mol. The number of ketones is 1. The van der Waals surface area contributed by atoms with Crippen molar-refractivity contribution in [2.75, 3.05) is 0 Å². The highest BCUT2D eigenvalue weighted by atomic mass is 35.5. The molecule has 3 heteroatoms. The van der Waals surface area contributed by atoms with Gasteiger partial charge in [0.05, 0.1) is 10.0 Å². The standard InChI is InChI=1S/C15H10Cl2O/c16-13-8-4-7-12(15(13)17)14(18)10-9-11-5-2-1-3-6-11/h1-10H/b10-9+. The first-order chi connectivity index (χ1) is 8.68. The Balaban J connectivity index is 2.23. The van der Waals surface area contributed by atoms with Gasteiger partial charge in [0.1, 0.15) is 0 Å². The van der Waals surface area contributed by atoms with Crippen LogP contribution in [0.2, 0.25) is 10.0 Å². The minimum atomic E-state index is -0.161. The molecule has 2 aromatic rings. The van der Waals surface area contributed by atoms with Gasteiger partial charge in [0.2, 0.25) is 0 Å². The van der Waals surface area contributed by atoms with Crippen LogP contribution in [0.5, 0.6) is 0 Å². The molecule has 90 valence electrons. The van der Waals surface area contributed by atoms with E-state index in [4.69, 9.17) is 23.2 Å². The number of allylic oxidation sites excluding steroid dienone is 1. The fourth-order valence-corrected chi connectivity index (χ4v) is 1.91. The van der Waals surface area contributed by atoms with E-state index in [0.29, 0.717) is 15.6 Å². The summed E-state index contributed by atoms with van der Waals surface area (Å²) in [6, 6.07) is 14.6. The van der Waals surface area contributed by atoms with Gasteiger partial charge < -0.3 is 0 Å². The molecular formula is C15H10Cl2O. The van der Waals surface area contributed by atoms with E-state index in [-0.39, 0.29) is 5.78 Å². The first-order valence-corrected chi connectivity index (χ1v) is 6.15. The molecule has 1 nitrogen and oxygen atoms in total. The van der Waals surface area contributed by atoms with E-state index in [2.05, 4.69) is 0 Å². The van der Waals surface area contributed by atoms with Crippen molar-refractivity contribution in [2.45, 2.75) is 0 Å². The van der Waals surface area contributed by atoms with Crippen molar-refractivity contribution in [3.8, 4) is 0 Å². The summed E-state index contributed by atoms with van der Waals surface area (Å²) >= 11 is 11.8. The summed E-state index contributed by atoms with van der Waals surface area (Å²) < 4.78 is 0. The van der Waals surface area contributed by atoms with E-state index in [1.807, 2.05) is 30.3 Å². The number of halogens is 2. The summed E-state index contributed by atoms with van der Waals surface area (Å²) in [4.78, 5) is 12.0. The lowest BCUT2D eigenvalue weighted by molar-refractivity contribution is 0.104. The van der Waals surface area contributed by atoms with Gasteiger partial charge in [0.25, 0.3) is 0 Å². The Hall–Kier alpha value is -1.57. The number of carbonyl (C=O) groups excluding carboxylic acids is 1. The number of rotatable bonds is 3. The second-order valence-corrected chi connectivity index (χ2v) is 4.49. The van der Waals surface area contributed by atoms with Crippen molar-refractivity contribution in [1.82, 2.24) is 0 Å². The fourth-order valence-electron chi connectivity index (χ4n) is 1.52. The minimum Gasteiger partial charge on any atom is -0.289 e. The molecule has 0 spiro atoms. The predicted molar refractivity (Wildman–Crippen MR) is 76.3 cm³/mol. The van der Waals surface area contributed by atoms with Crippen LogP contribution in [-0.2, 0) is 0 Å². The fraction of sp³-hybridized carbons (Fsp3) is 0. The number of carbonyl (C=O) groups is 1. The molecule has 0 amide bonds. The van der Waals surface area contributed by atoms with Gasteiger partial charge in [0.15, 0.2) is 5.78 Å². The molecular weight excluding hydrogens is 267 g/mol. The van der Waals surface area contributed by atoms with Crippen LogP contribution in [0.4, 0.5) is 0 Å². The molecule has 0 N–H and O–H groups in total. The van der Waals surface area contributed by atoms with Gasteiger partial charge in [-0.05, 0) is 23.8 Å². The van der Waals surface area contributed by atoms with E-state index in [1.54, 1.807) is 24.3 Å². The van der Waals surface area contributed by atoms with E-state index >= 15 is 0 Å². The molecule has 0 saturated heterocycles. The zero-order chi connectivity index (χ0) is 13.0. The Labute approximate surface area is 116 Å². The zero-order valence-corrected chi connectivity index (χ0v) is 10.9. The SMILES string of the molecule is O=C(/C=C/c1ccccc1)c1cccc(Cl)c1Cl. The molecule has 0 aliphatic carbocycles. The second kappa shape index (κ2) is 5.85. The molecule has 0 fully saturated rings. The van der Waals surface area contributed by atoms with Crippen LogP contribution in [0, 0.1) is 0 Å². The molecule has 0 atom stereocenters. The molecule has 0 heterocycles. The van der Waals surface area contributed by atoms with Gasteiger partial charge in [-0.1, -0.05) is 65.7 Å². The van der Waals surface area contributed by atoms with Gasteiger partial charge >= 0.3 is 0 Å². The second-order valence-electron chi connectivity index (χ2n) is 3.71. The highest BCUT2D eigenvalue weighted by Crippen LogP contribution is 2.26. The maximum Gasteiger partial charge on any atom is 0.187 e. The summed E-state index contributed by atoms with van der Waals surface area (Å²) in [7, 11) is 0. The van der Waals surface area contributed by atoms with E-state index in [9.17, 15) is 4.79 Å². The molecule has 0 aliphatic heterocycles. The lowest BCUT2D eigenvalue weighted by Gasteiger charge is -2.01. The molecule has 0 aromatic heterocycles. The third-order valence-corrected chi connectivity index (χ3v) is 3.26. The molecule has 0 unspecified atom stereocenters. The van der Waals surface area contributed by atoms with Gasteiger partial charge in [-0.25, -0.2) is 0 Å². The van der Waals surface area contributed by atoms with Crippen molar-refractivity contribution in [1.29, 1.82) is 0 Å². The zero-order valence-electron chi connectivity index (χ0n) is 9.44. The number of hydrogen-bond acceptors (Lipinski definition) is 1. The van der Waals surface area contributed by atoms with Crippen molar-refractivity contribution in [2.24, 2.45) is 0 Å². The Morgan fingerprint density at radius 3 is 2.39 bits per heavy atom. The van der Waals surface area contributed by atoms with Gasteiger partial charge in [-0.2, -0.15) is 0 Å². The van der Waals surface area contributed by atoms with Crippen LogP contribution in [0.3, 0.4) is 0 Å². The normalized spacial score (nSPS) is 10.8. The lowest BCUT2D eigenvalue weighted by Crippen LogP contribution is -1.95. The Bertz CT molecular complexity index is 589. The summed E-state index contributed by atoms with van der Waals surface area (Å²) in [6.07, 6.45) is 3.24. The first-order valence-electron chi connectivity index (χ1n) is 5.40. The Kier molecular flexibility index (Phi) is 4.19. The third kappa shape index (κ3) is 3.00. The van der Waals surface area contributed by atoms with Crippen molar-refractivity contribution in [3.05, 3.63) is 75.8 Å². The smallest absolute Gasteiger partial charge is 0.187 e. The topological polar surface area (TPSA) is 17.1 Å². The molecule has 0 aliphatic rings. The number of benzene rings is 2. The largest absolute Gasteiger partial charge is 0.289 e. The predicted octanol–water partition coefficient (Wildman–Crippen LogP) is 4.89. The number of hydrogen-bond donors (Lipinski definition) is 0. The minimum absolute atomic E-state index is 0.161. The van der Waals surface area contributed by atoms with Crippen LogP contribution in [-0.4, -0.2) is 5.78 Å². The Morgan fingerprint density at radius 2 is 1.67 bits per heavy atom. The van der Waals surface area contributed by atoms with Gasteiger partial charge in [-0.15, -0.1) is 0 Å². The molecule has 0 radical (unpaired) electrons. The highest BCUT2D eigenvalue weighted by Gasteiger charge is 2.09. The van der Waals surface area contributed by atoms with Crippen molar-refractivity contribution < 1.29 is 4.79 Å². The van der Waals surface area contributed by atoms with E-state index < -0.39 is 0 Å². The summed E-state index contributed by atoms with van der Waals surface area (Å²) in [5.41, 5.74) is 1.38. The highest BCUT2D eigenvalue weighted by molar-refractivity contribution is 6.44. The lowest BCUT2D eigenvalue weighted by atomic mass is 10.1. The van der Waals surface area contributed by atoms with Crippen molar-refractivity contribution >= 4 is 35.1 Å². The quantitative estimate of drug-likeness (QED) is 0.576. The Morgan fingerprint density at radius 1 is 0.944 bits per heavy atom. The average molecular weight is 277 g/mol. The van der Waals surface area contributed by atoms with Gasteiger partial charge in [0, 0.05) is 5.56 Å². The molecule has 0 bridgehead atoms. The summed E-state index contributed by atoms with van der Waals surface area (Å²) in [6.45, 7) is 0. The third-order valence-electron chi connectivity index (χ3n) is 2.44. The van der Waals surface area contributed by atoms with Crippen LogP contribution in [0.1, 0.15) is 15.9 Å². The molecule has 2 rings (SSSR count). The average Bonchev–Trinajstić information content (AvgIpc) is 2.40. The van der Waals surface area contributed by atoms with Crippen LogP contribution in [0.25, 0.3) is 6.08 Å². The summed E-state index contributed by atoms with van der Waals surface area (Å²) in [5.74, 6) is -0.161. The van der Waals surface area contributed by atoms with Gasteiger partial charge in [-0.3, -0.25) is 4.79 Å². The van der Waals surface area contributed by atoms with Crippen molar-refractivity contribution in [3.63, 3.8) is 0 Å². The molecule has 0 saturated carbocycles. The van der Waals surface area contributed by atoms with Crippen LogP contribution < -0.4 is 0 Å². The molecule has 18 heavy (non-hydrogen) atoms.